The maximum absolute atomic E-state index is 3.79. The van der Waals surface area contributed by atoms with Gasteiger partial charge in [0.25, 0.3) is 0 Å². The van der Waals surface area contributed by atoms with E-state index >= 15 is 0 Å². The van der Waals surface area contributed by atoms with Gasteiger partial charge in [-0.15, -0.1) is 0 Å². The number of hydrogen-bond donors (Lipinski definition) is 1. The first-order valence-corrected chi connectivity index (χ1v) is 8.14. The number of nitrogens with zero attached hydrogens (tertiary/aromatic N) is 1. The summed E-state index contributed by atoms with van der Waals surface area (Å²) in [4.78, 5) is 2.69. The minimum Gasteiger partial charge on any atom is -0.313 e. The Morgan fingerprint density at radius 1 is 1.06 bits per heavy atom. The molecule has 4 atom stereocenters. The molecule has 0 aromatic rings. The van der Waals surface area contributed by atoms with Crippen molar-refractivity contribution in [3.05, 3.63) is 0 Å². The second-order valence-corrected chi connectivity index (χ2v) is 6.82. The van der Waals surface area contributed by atoms with Gasteiger partial charge in [0.2, 0.25) is 0 Å². The Hall–Kier alpha value is -0.0800. The molecule has 1 aliphatic carbocycles. The van der Waals surface area contributed by atoms with Crippen LogP contribution in [-0.4, -0.2) is 36.6 Å². The Morgan fingerprint density at radius 3 is 2.67 bits per heavy atom. The van der Waals surface area contributed by atoms with Crippen molar-refractivity contribution in [3.63, 3.8) is 0 Å². The van der Waals surface area contributed by atoms with E-state index in [9.17, 15) is 0 Å². The van der Waals surface area contributed by atoms with Gasteiger partial charge in [-0.2, -0.15) is 0 Å². The number of nitrogens with one attached hydrogen (secondary N) is 1. The van der Waals surface area contributed by atoms with Crippen LogP contribution in [0, 0.1) is 11.8 Å². The van der Waals surface area contributed by atoms with E-state index in [2.05, 4.69) is 31.0 Å². The number of rotatable bonds is 4. The van der Waals surface area contributed by atoms with Gasteiger partial charge in [-0.1, -0.05) is 26.7 Å². The molecule has 0 spiro atoms. The molecule has 2 heteroatoms. The first-order chi connectivity index (χ1) is 8.66. The predicted molar refractivity (Wildman–Crippen MR) is 78.9 cm³/mol. The highest BCUT2D eigenvalue weighted by Gasteiger charge is 2.24. The van der Waals surface area contributed by atoms with Gasteiger partial charge in [-0.25, -0.2) is 0 Å². The fourth-order valence-electron chi connectivity index (χ4n) is 3.77. The third-order valence-electron chi connectivity index (χ3n) is 5.27. The highest BCUT2D eigenvalue weighted by atomic mass is 15.2. The third kappa shape index (κ3) is 3.96. The summed E-state index contributed by atoms with van der Waals surface area (Å²) in [6.45, 7) is 11.0. The fraction of sp³-hybridized carbons (Fsp3) is 1.00. The smallest absolute Gasteiger partial charge is 0.0110 e. The van der Waals surface area contributed by atoms with Gasteiger partial charge < -0.3 is 5.32 Å². The summed E-state index contributed by atoms with van der Waals surface area (Å²) in [6, 6.07) is 1.58. The van der Waals surface area contributed by atoms with Crippen LogP contribution in [-0.2, 0) is 0 Å². The van der Waals surface area contributed by atoms with Crippen LogP contribution in [0.5, 0.6) is 0 Å². The van der Waals surface area contributed by atoms with Crippen LogP contribution >= 0.6 is 0 Å². The van der Waals surface area contributed by atoms with Crippen LogP contribution in [0.25, 0.3) is 0 Å². The van der Waals surface area contributed by atoms with Crippen molar-refractivity contribution in [1.29, 1.82) is 0 Å². The second-order valence-electron chi connectivity index (χ2n) is 6.82. The Kier molecular flexibility index (Phi) is 5.50. The summed E-state index contributed by atoms with van der Waals surface area (Å²) in [6.07, 6.45) is 8.48. The summed E-state index contributed by atoms with van der Waals surface area (Å²) >= 11 is 0. The molecule has 4 unspecified atom stereocenters. The Balaban J connectivity index is 1.65. The quantitative estimate of drug-likeness (QED) is 0.826. The molecule has 1 aliphatic heterocycles. The van der Waals surface area contributed by atoms with E-state index in [1.807, 2.05) is 0 Å². The Morgan fingerprint density at radius 2 is 1.89 bits per heavy atom. The minimum atomic E-state index is 0.783. The normalized spacial score (nSPS) is 38.8. The van der Waals surface area contributed by atoms with Crippen LogP contribution in [0.3, 0.4) is 0 Å². The van der Waals surface area contributed by atoms with Gasteiger partial charge in [0.05, 0.1) is 0 Å². The van der Waals surface area contributed by atoms with E-state index in [0.29, 0.717) is 0 Å². The van der Waals surface area contributed by atoms with E-state index in [1.54, 1.807) is 0 Å². The van der Waals surface area contributed by atoms with Gasteiger partial charge >= 0.3 is 0 Å². The lowest BCUT2D eigenvalue weighted by molar-refractivity contribution is 0.112. The van der Waals surface area contributed by atoms with E-state index in [0.717, 1.165) is 23.9 Å². The van der Waals surface area contributed by atoms with Gasteiger partial charge in [-0.3, -0.25) is 4.90 Å². The summed E-state index contributed by atoms with van der Waals surface area (Å²) in [5.74, 6) is 1.82. The van der Waals surface area contributed by atoms with E-state index in [-0.39, 0.29) is 0 Å². The largest absolute Gasteiger partial charge is 0.313 e. The number of piperidine rings is 1. The molecular weight excluding hydrogens is 220 g/mol. The molecule has 2 fully saturated rings. The van der Waals surface area contributed by atoms with E-state index in [1.165, 1.54) is 58.2 Å². The molecule has 18 heavy (non-hydrogen) atoms. The molecule has 0 aromatic carbocycles. The Labute approximate surface area is 114 Å². The molecular formula is C16H32N2. The maximum atomic E-state index is 3.79. The van der Waals surface area contributed by atoms with Crippen LogP contribution in [0.1, 0.15) is 59.3 Å². The molecule has 1 heterocycles. The van der Waals surface area contributed by atoms with Gasteiger partial charge in [0.15, 0.2) is 0 Å². The van der Waals surface area contributed by atoms with E-state index < -0.39 is 0 Å². The lowest BCUT2D eigenvalue weighted by Crippen LogP contribution is -2.46. The first-order valence-electron chi connectivity index (χ1n) is 8.14. The fourth-order valence-corrected chi connectivity index (χ4v) is 3.77. The summed E-state index contributed by atoms with van der Waals surface area (Å²) < 4.78 is 0. The monoisotopic (exact) mass is 252 g/mol. The van der Waals surface area contributed by atoms with E-state index in [4.69, 9.17) is 0 Å². The van der Waals surface area contributed by atoms with Gasteiger partial charge in [0, 0.05) is 25.2 Å². The predicted octanol–water partition coefficient (Wildman–Crippen LogP) is 3.28. The minimum absolute atomic E-state index is 0.783. The summed E-state index contributed by atoms with van der Waals surface area (Å²) in [7, 11) is 0. The molecule has 1 saturated carbocycles. The van der Waals surface area contributed by atoms with Crippen molar-refractivity contribution in [2.24, 2.45) is 11.8 Å². The highest BCUT2D eigenvalue weighted by molar-refractivity contribution is 4.80. The third-order valence-corrected chi connectivity index (χ3v) is 5.27. The standard InChI is InChI=1S/C16H32N2/c1-13-6-4-8-16(12-13)17-9-11-18-10-5-7-14(2)15(18)3/h13-17H,4-12H2,1-3H3. The maximum Gasteiger partial charge on any atom is 0.0110 e. The molecule has 2 aliphatic rings. The molecule has 2 rings (SSSR count). The van der Waals surface area contributed by atoms with Crippen LogP contribution in [0.4, 0.5) is 0 Å². The first kappa shape index (κ1) is 14.3. The number of hydrogen-bond acceptors (Lipinski definition) is 2. The number of likely N-dealkylation sites (tertiary alicyclic amines) is 1. The molecule has 0 bridgehead atoms. The zero-order chi connectivity index (χ0) is 13.0. The van der Waals surface area contributed by atoms with Crippen molar-refractivity contribution in [3.8, 4) is 0 Å². The van der Waals surface area contributed by atoms with Crippen LogP contribution < -0.4 is 5.32 Å². The Bertz CT molecular complexity index is 241. The van der Waals surface area contributed by atoms with Crippen molar-refractivity contribution < 1.29 is 0 Å². The highest BCUT2D eigenvalue weighted by Crippen LogP contribution is 2.24. The average Bonchev–Trinajstić information content (AvgIpc) is 2.35. The molecule has 1 saturated heterocycles. The van der Waals surface area contributed by atoms with Crippen LogP contribution in [0.2, 0.25) is 0 Å². The van der Waals surface area contributed by atoms with Crippen molar-refractivity contribution >= 4 is 0 Å². The lowest BCUT2D eigenvalue weighted by atomic mass is 9.87. The summed E-state index contributed by atoms with van der Waals surface area (Å²) in [5, 5.41) is 3.79. The van der Waals surface area contributed by atoms with Crippen molar-refractivity contribution in [2.45, 2.75) is 71.4 Å². The average molecular weight is 252 g/mol. The summed E-state index contributed by atoms with van der Waals surface area (Å²) in [5.41, 5.74) is 0. The molecule has 0 amide bonds. The second kappa shape index (κ2) is 6.91. The topological polar surface area (TPSA) is 15.3 Å². The molecule has 0 radical (unpaired) electrons. The lowest BCUT2D eigenvalue weighted by Gasteiger charge is -2.38. The molecule has 2 nitrogen and oxygen atoms in total. The zero-order valence-corrected chi connectivity index (χ0v) is 12.6. The van der Waals surface area contributed by atoms with Crippen molar-refractivity contribution in [1.82, 2.24) is 10.2 Å². The zero-order valence-electron chi connectivity index (χ0n) is 12.6. The molecule has 1 N–H and O–H groups in total. The SMILES string of the molecule is CC1CCCC(NCCN2CCCC(C)C2C)C1. The van der Waals surface area contributed by atoms with Crippen LogP contribution in [0.15, 0.2) is 0 Å². The molecule has 0 aromatic heterocycles. The van der Waals surface area contributed by atoms with Gasteiger partial charge in [0.1, 0.15) is 0 Å². The molecule has 106 valence electrons. The van der Waals surface area contributed by atoms with Gasteiger partial charge in [-0.05, 0) is 51.0 Å². The van der Waals surface area contributed by atoms with Crippen molar-refractivity contribution in [2.75, 3.05) is 19.6 Å².